The van der Waals surface area contributed by atoms with Crippen LogP contribution in [0.4, 0.5) is 11.4 Å². The third-order valence-corrected chi connectivity index (χ3v) is 3.37. The minimum Gasteiger partial charge on any atom is -0.399 e. The quantitative estimate of drug-likeness (QED) is 0.803. The molecule has 6 heteroatoms. The second-order valence-corrected chi connectivity index (χ2v) is 5.01. The highest BCUT2D eigenvalue weighted by atomic mass is 35.5. The molecular formula is C13H9Cl3N2O. The van der Waals surface area contributed by atoms with Crippen LogP contribution in [0.25, 0.3) is 0 Å². The molecule has 0 aliphatic heterocycles. The fourth-order valence-electron chi connectivity index (χ4n) is 1.53. The first-order valence-electron chi connectivity index (χ1n) is 5.29. The number of benzene rings is 2. The second-order valence-electron chi connectivity index (χ2n) is 3.79. The summed E-state index contributed by atoms with van der Waals surface area (Å²) in [5, 5.41) is 3.53. The Morgan fingerprint density at radius 2 is 1.63 bits per heavy atom. The van der Waals surface area contributed by atoms with Gasteiger partial charge in [0.1, 0.15) is 0 Å². The summed E-state index contributed by atoms with van der Waals surface area (Å²) in [6.45, 7) is 0. The lowest BCUT2D eigenvalue weighted by Gasteiger charge is -2.10. The van der Waals surface area contributed by atoms with Crippen LogP contribution >= 0.6 is 34.8 Å². The fourth-order valence-corrected chi connectivity index (χ4v) is 2.34. The van der Waals surface area contributed by atoms with Crippen LogP contribution in [0.1, 0.15) is 10.4 Å². The van der Waals surface area contributed by atoms with Gasteiger partial charge in [-0.3, -0.25) is 4.79 Å². The molecule has 3 N–H and O–H groups in total. The number of nitrogens with two attached hydrogens (primary N) is 1. The Bertz CT molecular complexity index is 624. The molecule has 1 amide bonds. The Morgan fingerprint density at radius 1 is 1.00 bits per heavy atom. The molecule has 0 spiro atoms. The molecular weight excluding hydrogens is 307 g/mol. The summed E-state index contributed by atoms with van der Waals surface area (Å²) in [6, 6.07) is 9.64. The highest BCUT2D eigenvalue weighted by Gasteiger charge is 2.15. The minimum absolute atomic E-state index is 0.207. The van der Waals surface area contributed by atoms with Crippen molar-refractivity contribution in [3.05, 3.63) is 57.0 Å². The SMILES string of the molecule is Nc1ccc(NC(=O)c2c(Cl)cccc2Cl)c(Cl)c1. The van der Waals surface area contributed by atoms with Crippen LogP contribution in [0.15, 0.2) is 36.4 Å². The van der Waals surface area contributed by atoms with Gasteiger partial charge in [-0.2, -0.15) is 0 Å². The Hall–Kier alpha value is -1.42. The van der Waals surface area contributed by atoms with Gasteiger partial charge in [0.2, 0.25) is 0 Å². The van der Waals surface area contributed by atoms with Gasteiger partial charge in [-0.05, 0) is 30.3 Å². The predicted octanol–water partition coefficient (Wildman–Crippen LogP) is 4.48. The fraction of sp³-hybridized carbons (Fsp3) is 0. The monoisotopic (exact) mass is 314 g/mol. The molecule has 0 saturated heterocycles. The molecule has 0 aliphatic rings. The van der Waals surface area contributed by atoms with Gasteiger partial charge < -0.3 is 11.1 Å². The average Bonchev–Trinajstić information content (AvgIpc) is 2.32. The lowest BCUT2D eigenvalue weighted by molar-refractivity contribution is 0.102. The standard InChI is InChI=1S/C13H9Cl3N2O/c14-8-2-1-3-9(15)12(8)13(19)18-11-5-4-7(17)6-10(11)16/h1-6H,17H2,(H,18,19). The number of anilines is 2. The lowest BCUT2D eigenvalue weighted by Crippen LogP contribution is -2.13. The first-order chi connectivity index (χ1) is 8.99. The number of halogens is 3. The van der Waals surface area contributed by atoms with E-state index in [0.29, 0.717) is 16.4 Å². The number of amides is 1. The highest BCUT2D eigenvalue weighted by molar-refractivity contribution is 6.40. The van der Waals surface area contributed by atoms with Gasteiger partial charge in [-0.25, -0.2) is 0 Å². The van der Waals surface area contributed by atoms with Crippen molar-refractivity contribution >= 4 is 52.1 Å². The van der Waals surface area contributed by atoms with Crippen LogP contribution in [0, 0.1) is 0 Å². The van der Waals surface area contributed by atoms with E-state index >= 15 is 0 Å². The van der Waals surface area contributed by atoms with E-state index < -0.39 is 5.91 Å². The van der Waals surface area contributed by atoms with Gasteiger partial charge in [-0.15, -0.1) is 0 Å². The average molecular weight is 316 g/mol. The number of carbonyl (C=O) groups excluding carboxylic acids is 1. The predicted molar refractivity (Wildman–Crippen MR) is 80.3 cm³/mol. The van der Waals surface area contributed by atoms with Crippen LogP contribution in [0.2, 0.25) is 15.1 Å². The highest BCUT2D eigenvalue weighted by Crippen LogP contribution is 2.28. The van der Waals surface area contributed by atoms with Gasteiger partial charge in [0.05, 0.1) is 26.3 Å². The minimum atomic E-state index is -0.428. The maximum Gasteiger partial charge on any atom is 0.258 e. The van der Waals surface area contributed by atoms with Crippen LogP contribution in [-0.2, 0) is 0 Å². The number of hydrogen-bond acceptors (Lipinski definition) is 2. The van der Waals surface area contributed by atoms with E-state index in [-0.39, 0.29) is 15.6 Å². The first-order valence-corrected chi connectivity index (χ1v) is 6.43. The van der Waals surface area contributed by atoms with Gasteiger partial charge in [0.25, 0.3) is 5.91 Å². The van der Waals surface area contributed by atoms with Crippen molar-refractivity contribution in [1.82, 2.24) is 0 Å². The van der Waals surface area contributed by atoms with E-state index in [1.807, 2.05) is 0 Å². The Kier molecular flexibility index (Phi) is 4.20. The topological polar surface area (TPSA) is 55.1 Å². The molecule has 3 nitrogen and oxygen atoms in total. The van der Waals surface area contributed by atoms with E-state index in [2.05, 4.69) is 5.32 Å². The number of nitrogen functional groups attached to an aromatic ring is 1. The first kappa shape index (κ1) is 14.0. The third-order valence-electron chi connectivity index (χ3n) is 2.43. The smallest absolute Gasteiger partial charge is 0.258 e. The molecule has 0 fully saturated rings. The van der Waals surface area contributed by atoms with Gasteiger partial charge >= 0.3 is 0 Å². The van der Waals surface area contributed by atoms with Gasteiger partial charge in [-0.1, -0.05) is 40.9 Å². The summed E-state index contributed by atoms with van der Waals surface area (Å²) >= 11 is 17.9. The molecule has 0 heterocycles. The number of rotatable bonds is 2. The largest absolute Gasteiger partial charge is 0.399 e. The molecule has 0 aromatic heterocycles. The maximum atomic E-state index is 12.1. The van der Waals surface area contributed by atoms with Crippen LogP contribution in [-0.4, -0.2) is 5.91 Å². The van der Waals surface area contributed by atoms with Crippen molar-refractivity contribution < 1.29 is 4.79 Å². The summed E-state index contributed by atoms with van der Waals surface area (Å²) in [5.74, 6) is -0.428. The second kappa shape index (κ2) is 5.70. The Labute approximate surface area is 125 Å². The zero-order valence-corrected chi connectivity index (χ0v) is 11.9. The number of carbonyl (C=O) groups is 1. The molecule has 0 bridgehead atoms. The van der Waals surface area contributed by atoms with Gasteiger partial charge in [0.15, 0.2) is 0 Å². The van der Waals surface area contributed by atoms with Crippen molar-refractivity contribution in [3.63, 3.8) is 0 Å². The third kappa shape index (κ3) is 3.13. The van der Waals surface area contributed by atoms with E-state index in [4.69, 9.17) is 40.5 Å². The number of hydrogen-bond donors (Lipinski definition) is 2. The summed E-state index contributed by atoms with van der Waals surface area (Å²) in [6.07, 6.45) is 0. The molecule has 0 saturated carbocycles. The summed E-state index contributed by atoms with van der Waals surface area (Å²) < 4.78 is 0. The summed E-state index contributed by atoms with van der Waals surface area (Å²) in [4.78, 5) is 12.1. The van der Waals surface area contributed by atoms with Crippen molar-refractivity contribution in [2.24, 2.45) is 0 Å². The van der Waals surface area contributed by atoms with Gasteiger partial charge in [0, 0.05) is 5.69 Å². The molecule has 98 valence electrons. The van der Waals surface area contributed by atoms with Crippen molar-refractivity contribution in [2.45, 2.75) is 0 Å². The lowest BCUT2D eigenvalue weighted by atomic mass is 10.2. The Morgan fingerprint density at radius 3 is 2.21 bits per heavy atom. The zero-order chi connectivity index (χ0) is 14.0. The molecule has 0 unspecified atom stereocenters. The molecule has 2 aromatic carbocycles. The molecule has 19 heavy (non-hydrogen) atoms. The maximum absolute atomic E-state index is 12.1. The van der Waals surface area contributed by atoms with Crippen molar-refractivity contribution in [3.8, 4) is 0 Å². The van der Waals surface area contributed by atoms with Crippen molar-refractivity contribution in [1.29, 1.82) is 0 Å². The Balaban J connectivity index is 2.31. The van der Waals surface area contributed by atoms with E-state index in [0.717, 1.165) is 0 Å². The summed E-state index contributed by atoms with van der Waals surface area (Å²) in [7, 11) is 0. The molecule has 2 rings (SSSR count). The number of nitrogens with one attached hydrogen (secondary N) is 1. The molecule has 0 aliphatic carbocycles. The van der Waals surface area contributed by atoms with Crippen LogP contribution in [0.3, 0.4) is 0 Å². The zero-order valence-electron chi connectivity index (χ0n) is 9.58. The normalized spacial score (nSPS) is 10.3. The van der Waals surface area contributed by atoms with Crippen LogP contribution < -0.4 is 11.1 Å². The van der Waals surface area contributed by atoms with E-state index in [1.165, 1.54) is 0 Å². The molecule has 2 aromatic rings. The van der Waals surface area contributed by atoms with E-state index in [9.17, 15) is 4.79 Å². The molecule has 0 atom stereocenters. The summed E-state index contributed by atoms with van der Waals surface area (Å²) in [5.41, 5.74) is 6.74. The molecule has 0 radical (unpaired) electrons. The van der Waals surface area contributed by atoms with Crippen molar-refractivity contribution in [2.75, 3.05) is 11.1 Å². The van der Waals surface area contributed by atoms with E-state index in [1.54, 1.807) is 36.4 Å². The van der Waals surface area contributed by atoms with Crippen LogP contribution in [0.5, 0.6) is 0 Å².